The summed E-state index contributed by atoms with van der Waals surface area (Å²) in [5.41, 5.74) is 1.94. The molecule has 0 fully saturated rings. The fourth-order valence-electron chi connectivity index (χ4n) is 2.69. The van der Waals surface area contributed by atoms with Crippen molar-refractivity contribution in [1.82, 2.24) is 9.55 Å². The molecule has 0 bridgehead atoms. The number of imidazole rings is 1. The Morgan fingerprint density at radius 3 is 2.77 bits per heavy atom. The number of benzene rings is 2. The number of nitrogens with one attached hydrogen (secondary N) is 1. The molecular formula is C19H17N5O2. The lowest BCUT2D eigenvalue weighted by atomic mass is 10.1. The van der Waals surface area contributed by atoms with E-state index in [1.165, 1.54) is 17.7 Å². The van der Waals surface area contributed by atoms with Crippen LogP contribution in [0.15, 0.2) is 60.9 Å². The van der Waals surface area contributed by atoms with E-state index in [2.05, 4.69) is 27.0 Å². The molecule has 1 heterocycles. The normalized spacial score (nSPS) is 10.3. The van der Waals surface area contributed by atoms with E-state index in [0.717, 1.165) is 12.4 Å². The summed E-state index contributed by atoms with van der Waals surface area (Å²) in [6.45, 7) is 1.31. The SMILES string of the molecule is N#Cc1cc([N+](=O)[O-])ccc1NCCc1nccn1Cc1ccccc1. The average Bonchev–Trinajstić information content (AvgIpc) is 3.09. The largest absolute Gasteiger partial charge is 0.384 e. The van der Waals surface area contributed by atoms with Crippen LogP contribution in [0.4, 0.5) is 11.4 Å². The predicted molar refractivity (Wildman–Crippen MR) is 97.8 cm³/mol. The fourth-order valence-corrected chi connectivity index (χ4v) is 2.69. The van der Waals surface area contributed by atoms with Crippen molar-refractivity contribution in [1.29, 1.82) is 5.26 Å². The van der Waals surface area contributed by atoms with Gasteiger partial charge in [-0.2, -0.15) is 5.26 Å². The molecule has 1 N–H and O–H groups in total. The summed E-state index contributed by atoms with van der Waals surface area (Å²) in [5.74, 6) is 0.932. The first kappa shape index (κ1) is 17.2. The van der Waals surface area contributed by atoms with E-state index in [4.69, 9.17) is 0 Å². The third-order valence-corrected chi connectivity index (χ3v) is 4.00. The van der Waals surface area contributed by atoms with Gasteiger partial charge in [-0.3, -0.25) is 10.1 Å². The van der Waals surface area contributed by atoms with Crippen molar-refractivity contribution in [2.24, 2.45) is 0 Å². The molecule has 2 aromatic carbocycles. The van der Waals surface area contributed by atoms with Crippen molar-refractivity contribution < 1.29 is 4.92 Å². The number of nitro benzene ring substituents is 1. The van der Waals surface area contributed by atoms with E-state index >= 15 is 0 Å². The summed E-state index contributed by atoms with van der Waals surface area (Å²) in [4.78, 5) is 14.7. The van der Waals surface area contributed by atoms with Gasteiger partial charge in [-0.05, 0) is 11.6 Å². The van der Waals surface area contributed by atoms with Crippen LogP contribution in [0.3, 0.4) is 0 Å². The maximum Gasteiger partial charge on any atom is 0.270 e. The highest BCUT2D eigenvalue weighted by Crippen LogP contribution is 2.21. The topological polar surface area (TPSA) is 96.8 Å². The Balaban J connectivity index is 1.64. The first-order chi connectivity index (χ1) is 12.7. The van der Waals surface area contributed by atoms with Crippen LogP contribution in [0.2, 0.25) is 0 Å². The van der Waals surface area contributed by atoms with E-state index in [1.807, 2.05) is 30.5 Å². The lowest BCUT2D eigenvalue weighted by molar-refractivity contribution is -0.384. The zero-order chi connectivity index (χ0) is 18.4. The van der Waals surface area contributed by atoms with Crippen LogP contribution < -0.4 is 5.32 Å². The van der Waals surface area contributed by atoms with Crippen molar-refractivity contribution in [2.45, 2.75) is 13.0 Å². The third kappa shape index (κ3) is 4.05. The van der Waals surface area contributed by atoms with E-state index in [0.29, 0.717) is 18.7 Å². The average molecular weight is 347 g/mol. The molecule has 0 unspecified atom stereocenters. The van der Waals surface area contributed by atoms with Gasteiger partial charge in [0.15, 0.2) is 0 Å². The minimum absolute atomic E-state index is 0.0921. The Labute approximate surface area is 150 Å². The second-order valence-corrected chi connectivity index (χ2v) is 5.73. The Bertz CT molecular complexity index is 944. The number of rotatable bonds is 7. The molecule has 0 radical (unpaired) electrons. The molecule has 7 heteroatoms. The van der Waals surface area contributed by atoms with E-state index in [9.17, 15) is 15.4 Å². The van der Waals surface area contributed by atoms with Crippen LogP contribution in [-0.4, -0.2) is 21.0 Å². The quantitative estimate of drug-likeness (QED) is 0.522. The van der Waals surface area contributed by atoms with Gasteiger partial charge in [0, 0.05) is 44.0 Å². The molecule has 7 nitrogen and oxygen atoms in total. The van der Waals surface area contributed by atoms with Gasteiger partial charge in [0.2, 0.25) is 0 Å². The number of nitriles is 1. The van der Waals surface area contributed by atoms with Crippen molar-refractivity contribution in [3.05, 3.63) is 88.0 Å². The molecule has 130 valence electrons. The third-order valence-electron chi connectivity index (χ3n) is 4.00. The summed E-state index contributed by atoms with van der Waals surface area (Å²) in [6.07, 6.45) is 4.38. The smallest absolute Gasteiger partial charge is 0.270 e. The van der Waals surface area contributed by atoms with Gasteiger partial charge in [-0.1, -0.05) is 30.3 Å². The zero-order valence-electron chi connectivity index (χ0n) is 14.0. The molecule has 0 aliphatic rings. The van der Waals surface area contributed by atoms with E-state index in [-0.39, 0.29) is 11.3 Å². The molecule has 0 amide bonds. The highest BCUT2D eigenvalue weighted by molar-refractivity contribution is 5.61. The van der Waals surface area contributed by atoms with Gasteiger partial charge in [0.1, 0.15) is 11.9 Å². The van der Waals surface area contributed by atoms with Crippen LogP contribution in [0.25, 0.3) is 0 Å². The Kier molecular flexibility index (Phi) is 5.25. The molecule has 0 atom stereocenters. The zero-order valence-corrected chi connectivity index (χ0v) is 14.0. The molecule has 1 aromatic heterocycles. The number of anilines is 1. The summed E-state index contributed by atoms with van der Waals surface area (Å²) in [7, 11) is 0. The highest BCUT2D eigenvalue weighted by Gasteiger charge is 2.11. The predicted octanol–water partition coefficient (Wildman–Crippen LogP) is 3.37. The molecule has 3 aromatic rings. The second-order valence-electron chi connectivity index (χ2n) is 5.73. The van der Waals surface area contributed by atoms with E-state index in [1.54, 1.807) is 12.3 Å². The summed E-state index contributed by atoms with van der Waals surface area (Å²) in [6, 6.07) is 16.3. The first-order valence-corrected chi connectivity index (χ1v) is 8.13. The summed E-state index contributed by atoms with van der Waals surface area (Å²) in [5, 5.41) is 23.2. The minimum atomic E-state index is -0.509. The number of non-ortho nitro benzene ring substituents is 1. The van der Waals surface area contributed by atoms with Gasteiger partial charge in [0.25, 0.3) is 5.69 Å². The van der Waals surface area contributed by atoms with Crippen LogP contribution in [0, 0.1) is 21.4 Å². The lowest BCUT2D eigenvalue weighted by Crippen LogP contribution is -2.11. The molecular weight excluding hydrogens is 330 g/mol. The van der Waals surface area contributed by atoms with Gasteiger partial charge >= 0.3 is 0 Å². The molecule has 26 heavy (non-hydrogen) atoms. The fraction of sp³-hybridized carbons (Fsp3) is 0.158. The summed E-state index contributed by atoms with van der Waals surface area (Å²) >= 11 is 0. The Hall–Kier alpha value is -3.66. The Morgan fingerprint density at radius 1 is 1.23 bits per heavy atom. The van der Waals surface area contributed by atoms with Gasteiger partial charge in [-0.15, -0.1) is 0 Å². The number of hydrogen-bond acceptors (Lipinski definition) is 5. The number of nitrogens with zero attached hydrogens (tertiary/aromatic N) is 4. The molecule has 0 saturated carbocycles. The van der Waals surface area contributed by atoms with Crippen molar-refractivity contribution >= 4 is 11.4 Å². The van der Waals surface area contributed by atoms with Crippen molar-refractivity contribution in [2.75, 3.05) is 11.9 Å². The van der Waals surface area contributed by atoms with E-state index < -0.39 is 4.92 Å². The van der Waals surface area contributed by atoms with Crippen LogP contribution in [0.5, 0.6) is 0 Å². The minimum Gasteiger partial charge on any atom is -0.384 e. The van der Waals surface area contributed by atoms with Gasteiger partial charge < -0.3 is 9.88 Å². The number of hydrogen-bond donors (Lipinski definition) is 1. The first-order valence-electron chi connectivity index (χ1n) is 8.13. The standard InChI is InChI=1S/C19H17N5O2/c20-13-16-12-17(24(25)26)6-7-18(16)21-9-8-19-22-10-11-23(19)14-15-4-2-1-3-5-15/h1-7,10-12,21H,8-9,14H2. The molecule has 0 aliphatic heterocycles. The van der Waals surface area contributed by atoms with Crippen LogP contribution >= 0.6 is 0 Å². The van der Waals surface area contributed by atoms with Crippen molar-refractivity contribution in [3.63, 3.8) is 0 Å². The van der Waals surface area contributed by atoms with Gasteiger partial charge in [0.05, 0.1) is 16.2 Å². The van der Waals surface area contributed by atoms with Crippen molar-refractivity contribution in [3.8, 4) is 6.07 Å². The molecule has 0 aliphatic carbocycles. The van der Waals surface area contributed by atoms with Gasteiger partial charge in [-0.25, -0.2) is 4.98 Å². The molecule has 0 spiro atoms. The van der Waals surface area contributed by atoms with Crippen LogP contribution in [-0.2, 0) is 13.0 Å². The number of aromatic nitrogens is 2. The second kappa shape index (κ2) is 7.94. The Morgan fingerprint density at radius 2 is 2.04 bits per heavy atom. The highest BCUT2D eigenvalue weighted by atomic mass is 16.6. The molecule has 0 saturated heterocycles. The lowest BCUT2D eigenvalue weighted by Gasteiger charge is -2.10. The summed E-state index contributed by atoms with van der Waals surface area (Å²) < 4.78 is 2.08. The molecule has 3 rings (SSSR count). The maximum atomic E-state index is 10.8. The maximum absolute atomic E-state index is 10.8. The number of nitro groups is 1. The van der Waals surface area contributed by atoms with Crippen LogP contribution in [0.1, 0.15) is 17.0 Å². The monoisotopic (exact) mass is 347 g/mol.